The van der Waals surface area contributed by atoms with E-state index in [0.29, 0.717) is 6.04 Å². The van der Waals surface area contributed by atoms with Crippen LogP contribution in [0.3, 0.4) is 0 Å². The molecule has 2 N–H and O–H groups in total. The number of anilines is 2. The Labute approximate surface area is 143 Å². The maximum absolute atomic E-state index is 5.18. The zero-order valence-electron chi connectivity index (χ0n) is 14.3. The van der Waals surface area contributed by atoms with Gasteiger partial charge in [-0.15, -0.1) is 0 Å². The smallest absolute Gasteiger partial charge is 0.131 e. The van der Waals surface area contributed by atoms with Gasteiger partial charge in [-0.25, -0.2) is 9.97 Å². The number of ether oxygens (including phenoxy) is 1. The average Bonchev–Trinajstić information content (AvgIpc) is 2.63. The second-order valence-electron chi connectivity index (χ2n) is 6.29. The Balaban J connectivity index is 1.48. The Morgan fingerprint density at radius 3 is 2.54 bits per heavy atom. The van der Waals surface area contributed by atoms with E-state index in [9.17, 15) is 0 Å². The molecule has 5 nitrogen and oxygen atoms in total. The van der Waals surface area contributed by atoms with E-state index in [1.165, 1.54) is 37.7 Å². The van der Waals surface area contributed by atoms with Gasteiger partial charge >= 0.3 is 0 Å². The molecule has 0 saturated heterocycles. The zero-order valence-corrected chi connectivity index (χ0v) is 14.3. The van der Waals surface area contributed by atoms with Crippen molar-refractivity contribution in [1.29, 1.82) is 0 Å². The van der Waals surface area contributed by atoms with Crippen molar-refractivity contribution in [1.82, 2.24) is 9.97 Å². The molecule has 1 aliphatic rings. The fourth-order valence-electron chi connectivity index (χ4n) is 3.12. The van der Waals surface area contributed by atoms with Gasteiger partial charge in [-0.05, 0) is 37.0 Å². The number of methoxy groups -OCH3 is 1. The Hall–Kier alpha value is -2.30. The summed E-state index contributed by atoms with van der Waals surface area (Å²) in [5.41, 5.74) is 1.28. The highest BCUT2D eigenvalue weighted by Gasteiger charge is 2.13. The molecule has 0 aliphatic heterocycles. The molecule has 0 atom stereocenters. The van der Waals surface area contributed by atoms with E-state index in [0.717, 1.165) is 30.4 Å². The molecule has 2 aromatic rings. The lowest BCUT2D eigenvalue weighted by molar-refractivity contribution is 0.414. The van der Waals surface area contributed by atoms with Crippen molar-refractivity contribution in [2.24, 2.45) is 0 Å². The van der Waals surface area contributed by atoms with E-state index >= 15 is 0 Å². The molecule has 128 valence electrons. The number of hydrogen-bond acceptors (Lipinski definition) is 5. The van der Waals surface area contributed by atoms with Crippen molar-refractivity contribution in [3.05, 3.63) is 42.2 Å². The van der Waals surface area contributed by atoms with Crippen molar-refractivity contribution in [2.75, 3.05) is 24.3 Å². The number of aromatic nitrogens is 2. The minimum Gasteiger partial charge on any atom is -0.497 e. The molecule has 1 aliphatic carbocycles. The number of rotatable bonds is 7. The minimum absolute atomic E-state index is 0.556. The van der Waals surface area contributed by atoms with Crippen molar-refractivity contribution in [2.45, 2.75) is 44.6 Å². The Kier molecular flexibility index (Phi) is 5.88. The average molecular weight is 326 g/mol. The van der Waals surface area contributed by atoms with Crippen LogP contribution in [0.1, 0.15) is 37.7 Å². The Morgan fingerprint density at radius 1 is 1.04 bits per heavy atom. The van der Waals surface area contributed by atoms with E-state index < -0.39 is 0 Å². The fraction of sp³-hybridized carbons (Fsp3) is 0.474. The Morgan fingerprint density at radius 2 is 1.79 bits per heavy atom. The summed E-state index contributed by atoms with van der Waals surface area (Å²) in [6, 6.07) is 10.7. The van der Waals surface area contributed by atoms with Crippen LogP contribution in [-0.4, -0.2) is 29.7 Å². The maximum Gasteiger partial charge on any atom is 0.131 e. The third kappa shape index (κ3) is 4.85. The minimum atomic E-state index is 0.556. The first-order valence-corrected chi connectivity index (χ1v) is 8.79. The first kappa shape index (κ1) is 16.6. The number of hydrogen-bond donors (Lipinski definition) is 2. The summed E-state index contributed by atoms with van der Waals surface area (Å²) in [6.07, 6.45) is 9.04. The zero-order chi connectivity index (χ0) is 16.6. The molecule has 5 heteroatoms. The van der Waals surface area contributed by atoms with Crippen LogP contribution in [0.4, 0.5) is 11.6 Å². The fourth-order valence-corrected chi connectivity index (χ4v) is 3.12. The summed E-state index contributed by atoms with van der Waals surface area (Å²) in [7, 11) is 1.69. The molecule has 0 radical (unpaired) electrons. The second-order valence-corrected chi connectivity index (χ2v) is 6.29. The van der Waals surface area contributed by atoms with Gasteiger partial charge in [0.2, 0.25) is 0 Å². The van der Waals surface area contributed by atoms with Crippen LogP contribution in [0.25, 0.3) is 0 Å². The maximum atomic E-state index is 5.18. The normalized spacial score (nSPS) is 15.0. The van der Waals surface area contributed by atoms with E-state index in [1.807, 2.05) is 18.2 Å². The van der Waals surface area contributed by atoms with Crippen LogP contribution in [0.15, 0.2) is 36.7 Å². The van der Waals surface area contributed by atoms with Gasteiger partial charge in [0.15, 0.2) is 0 Å². The van der Waals surface area contributed by atoms with E-state index in [-0.39, 0.29) is 0 Å². The van der Waals surface area contributed by atoms with Crippen molar-refractivity contribution in [3.8, 4) is 5.75 Å². The van der Waals surface area contributed by atoms with Crippen molar-refractivity contribution < 1.29 is 4.74 Å². The number of nitrogens with zero attached hydrogens (tertiary/aromatic N) is 2. The van der Waals surface area contributed by atoms with Crippen molar-refractivity contribution in [3.63, 3.8) is 0 Å². The van der Waals surface area contributed by atoms with Crippen LogP contribution in [0.2, 0.25) is 0 Å². The molecule has 0 bridgehead atoms. The molecule has 1 aromatic heterocycles. The first-order chi connectivity index (χ1) is 11.8. The summed E-state index contributed by atoms with van der Waals surface area (Å²) in [5, 5.41) is 6.91. The highest BCUT2D eigenvalue weighted by molar-refractivity contribution is 5.47. The first-order valence-electron chi connectivity index (χ1n) is 8.79. The summed E-state index contributed by atoms with van der Waals surface area (Å²) < 4.78 is 5.18. The number of benzene rings is 1. The van der Waals surface area contributed by atoms with Gasteiger partial charge in [-0.2, -0.15) is 0 Å². The largest absolute Gasteiger partial charge is 0.497 e. The highest BCUT2D eigenvalue weighted by Crippen LogP contribution is 2.21. The second kappa shape index (κ2) is 8.52. The summed E-state index contributed by atoms with van der Waals surface area (Å²) >= 11 is 0. The molecule has 1 saturated carbocycles. The van der Waals surface area contributed by atoms with E-state index in [4.69, 9.17) is 4.74 Å². The molecule has 0 spiro atoms. The monoisotopic (exact) mass is 326 g/mol. The summed E-state index contributed by atoms with van der Waals surface area (Å²) in [4.78, 5) is 8.65. The van der Waals surface area contributed by atoms with Gasteiger partial charge in [0.1, 0.15) is 23.7 Å². The lowest BCUT2D eigenvalue weighted by Gasteiger charge is -2.23. The van der Waals surface area contributed by atoms with Crippen LogP contribution >= 0.6 is 0 Å². The predicted octanol–water partition coefficient (Wildman–Crippen LogP) is 3.88. The summed E-state index contributed by atoms with van der Waals surface area (Å²) in [5.74, 6) is 2.68. The van der Waals surface area contributed by atoms with Gasteiger partial charge in [0.05, 0.1) is 7.11 Å². The summed E-state index contributed by atoms with van der Waals surface area (Å²) in [6.45, 7) is 0.839. The lowest BCUT2D eigenvalue weighted by Crippen LogP contribution is -2.23. The third-order valence-electron chi connectivity index (χ3n) is 4.50. The molecular formula is C19H26N4O. The predicted molar refractivity (Wildman–Crippen MR) is 97.7 cm³/mol. The standard InChI is InChI=1S/C19H26N4O/c1-24-17-9-7-15(8-10-17)11-12-20-18-13-19(22-14-21-18)23-16-5-3-2-4-6-16/h7-10,13-14,16H,2-6,11-12H2,1H3,(H2,20,21,22,23). The number of nitrogens with one attached hydrogen (secondary N) is 2. The molecule has 1 heterocycles. The molecule has 0 unspecified atom stereocenters. The van der Waals surface area contributed by atoms with Gasteiger partial charge < -0.3 is 15.4 Å². The topological polar surface area (TPSA) is 59.1 Å². The van der Waals surface area contributed by atoms with Crippen LogP contribution in [0.5, 0.6) is 5.75 Å². The third-order valence-corrected chi connectivity index (χ3v) is 4.50. The van der Waals surface area contributed by atoms with Gasteiger partial charge in [-0.3, -0.25) is 0 Å². The van der Waals surface area contributed by atoms with Crippen molar-refractivity contribution >= 4 is 11.6 Å². The Bertz CT molecular complexity index is 624. The van der Waals surface area contributed by atoms with Gasteiger partial charge in [-0.1, -0.05) is 31.4 Å². The molecule has 3 rings (SSSR count). The van der Waals surface area contributed by atoms with Gasteiger partial charge in [0.25, 0.3) is 0 Å². The molecular weight excluding hydrogens is 300 g/mol. The molecule has 24 heavy (non-hydrogen) atoms. The van der Waals surface area contributed by atoms with E-state index in [2.05, 4.69) is 32.7 Å². The highest BCUT2D eigenvalue weighted by atomic mass is 16.5. The quantitative estimate of drug-likeness (QED) is 0.808. The van der Waals surface area contributed by atoms with Crippen LogP contribution < -0.4 is 15.4 Å². The molecule has 0 amide bonds. The SMILES string of the molecule is COc1ccc(CCNc2cc(NC3CCCCC3)ncn2)cc1. The van der Waals surface area contributed by atoms with E-state index in [1.54, 1.807) is 13.4 Å². The van der Waals surface area contributed by atoms with Crippen LogP contribution in [-0.2, 0) is 6.42 Å². The molecule has 1 aromatic carbocycles. The van der Waals surface area contributed by atoms with Gasteiger partial charge in [0, 0.05) is 18.7 Å². The molecule has 1 fully saturated rings. The lowest BCUT2D eigenvalue weighted by atomic mass is 9.95. The van der Waals surface area contributed by atoms with Crippen LogP contribution in [0, 0.1) is 0 Å².